The number of aromatic amines is 1. The fourth-order valence-electron chi connectivity index (χ4n) is 5.01. The third-order valence-electron chi connectivity index (χ3n) is 6.90. The molecule has 3 saturated heterocycles. The predicted molar refractivity (Wildman–Crippen MR) is 112 cm³/mol. The van der Waals surface area contributed by atoms with E-state index in [-0.39, 0.29) is 0 Å². The maximum absolute atomic E-state index is 4.74. The van der Waals surface area contributed by atoms with Gasteiger partial charge in [-0.1, -0.05) is 6.07 Å². The van der Waals surface area contributed by atoms with Crippen LogP contribution >= 0.6 is 0 Å². The molecule has 4 nitrogen and oxygen atoms in total. The first-order chi connectivity index (χ1) is 13.1. The quantitative estimate of drug-likeness (QED) is 0.709. The normalized spacial score (nSPS) is 27.2. The maximum atomic E-state index is 4.74. The molecule has 2 atom stereocenters. The van der Waals surface area contributed by atoms with Gasteiger partial charge in [0.15, 0.2) is 0 Å². The molecule has 3 aromatic rings. The lowest BCUT2D eigenvalue weighted by atomic mass is 9.79. The molecule has 3 fully saturated rings. The van der Waals surface area contributed by atoms with E-state index in [1.54, 1.807) is 0 Å². The van der Waals surface area contributed by atoms with Gasteiger partial charge in [0.1, 0.15) is 5.82 Å². The summed E-state index contributed by atoms with van der Waals surface area (Å²) >= 11 is 0. The minimum atomic E-state index is 0.521. The molecule has 0 aliphatic carbocycles. The number of aryl methyl sites for hydroxylation is 2. The number of H-pyrrole nitrogens is 1. The highest BCUT2D eigenvalue weighted by Gasteiger charge is 2.39. The highest BCUT2D eigenvalue weighted by molar-refractivity contribution is 5.88. The number of rotatable bonds is 3. The molecule has 4 heteroatoms. The van der Waals surface area contributed by atoms with E-state index in [1.807, 2.05) is 6.20 Å². The summed E-state index contributed by atoms with van der Waals surface area (Å²) in [6.45, 7) is 9.19. The number of fused-ring (bicyclic) bond motifs is 4. The van der Waals surface area contributed by atoms with E-state index in [9.17, 15) is 0 Å². The van der Waals surface area contributed by atoms with Gasteiger partial charge in [-0.3, -0.25) is 4.90 Å². The Kier molecular flexibility index (Phi) is 3.97. The van der Waals surface area contributed by atoms with Gasteiger partial charge in [0, 0.05) is 40.4 Å². The van der Waals surface area contributed by atoms with Gasteiger partial charge >= 0.3 is 0 Å². The van der Waals surface area contributed by atoms with Gasteiger partial charge in [-0.05, 0) is 88.0 Å². The number of hydrogen-bond donors (Lipinski definition) is 2. The molecule has 3 aliphatic heterocycles. The monoisotopic (exact) mass is 360 g/mol. The van der Waals surface area contributed by atoms with Crippen LogP contribution in [0.5, 0.6) is 0 Å². The third-order valence-corrected chi connectivity index (χ3v) is 6.90. The number of nitrogens with one attached hydrogen (secondary N) is 2. The predicted octanol–water partition coefficient (Wildman–Crippen LogP) is 4.74. The van der Waals surface area contributed by atoms with Crippen LogP contribution in [0.15, 0.2) is 36.5 Å². The molecule has 2 N–H and O–H groups in total. The van der Waals surface area contributed by atoms with E-state index in [0.29, 0.717) is 12.1 Å². The van der Waals surface area contributed by atoms with Crippen molar-refractivity contribution in [3.8, 4) is 11.1 Å². The molecular formula is C23H28N4. The summed E-state index contributed by atoms with van der Waals surface area (Å²) in [5.41, 5.74) is 6.17. The van der Waals surface area contributed by atoms with Crippen molar-refractivity contribution in [2.24, 2.45) is 5.92 Å². The zero-order chi connectivity index (χ0) is 18.5. The van der Waals surface area contributed by atoms with Crippen LogP contribution in [0, 0.1) is 19.8 Å². The van der Waals surface area contributed by atoms with E-state index in [2.05, 4.69) is 66.3 Å². The molecule has 2 bridgehead atoms. The fourth-order valence-corrected chi connectivity index (χ4v) is 5.01. The summed E-state index contributed by atoms with van der Waals surface area (Å²) in [7, 11) is 0. The molecule has 1 aromatic carbocycles. The van der Waals surface area contributed by atoms with Gasteiger partial charge in [-0.15, -0.1) is 0 Å². The molecule has 0 spiro atoms. The van der Waals surface area contributed by atoms with Crippen LogP contribution in [0.3, 0.4) is 0 Å². The molecule has 3 aliphatic rings. The van der Waals surface area contributed by atoms with Gasteiger partial charge in [0.05, 0.1) is 0 Å². The number of pyridine rings is 1. The van der Waals surface area contributed by atoms with Crippen LogP contribution in [-0.2, 0) is 0 Å². The highest BCUT2D eigenvalue weighted by atomic mass is 15.2. The van der Waals surface area contributed by atoms with Crippen molar-refractivity contribution in [2.45, 2.75) is 45.7 Å². The van der Waals surface area contributed by atoms with E-state index < -0.39 is 0 Å². The lowest BCUT2D eigenvalue weighted by Gasteiger charge is -2.50. The lowest BCUT2D eigenvalue weighted by Crippen LogP contribution is -2.59. The topological polar surface area (TPSA) is 44.0 Å². The number of anilines is 1. The van der Waals surface area contributed by atoms with Gasteiger partial charge in [-0.2, -0.15) is 0 Å². The molecule has 0 radical (unpaired) electrons. The Morgan fingerprint density at radius 1 is 1.07 bits per heavy atom. The van der Waals surface area contributed by atoms with E-state index in [4.69, 9.17) is 4.98 Å². The number of nitrogens with zero attached hydrogens (tertiary/aromatic N) is 2. The highest BCUT2D eigenvalue weighted by Crippen LogP contribution is 2.34. The summed E-state index contributed by atoms with van der Waals surface area (Å²) in [6.07, 6.45) is 4.63. The second kappa shape index (κ2) is 6.38. The Hall–Kier alpha value is -2.33. The van der Waals surface area contributed by atoms with Crippen molar-refractivity contribution in [3.63, 3.8) is 0 Å². The molecule has 140 valence electrons. The smallest absolute Gasteiger partial charge is 0.126 e. The van der Waals surface area contributed by atoms with Crippen LogP contribution in [0.25, 0.3) is 22.0 Å². The molecule has 5 heterocycles. The first kappa shape index (κ1) is 16.8. The lowest BCUT2D eigenvalue weighted by molar-refractivity contribution is 0.0457. The molecular weight excluding hydrogens is 332 g/mol. The van der Waals surface area contributed by atoms with E-state index >= 15 is 0 Å². The average Bonchev–Trinajstić information content (AvgIpc) is 2.99. The van der Waals surface area contributed by atoms with Gasteiger partial charge in [-0.25, -0.2) is 4.98 Å². The summed E-state index contributed by atoms with van der Waals surface area (Å²) in [5, 5.41) is 5.02. The Labute approximate surface area is 161 Å². The number of aromatic nitrogens is 2. The summed E-state index contributed by atoms with van der Waals surface area (Å²) < 4.78 is 0. The van der Waals surface area contributed by atoms with E-state index in [1.165, 1.54) is 59.2 Å². The summed E-state index contributed by atoms with van der Waals surface area (Å²) in [6, 6.07) is 12.1. The number of piperidine rings is 3. The number of hydrogen-bond acceptors (Lipinski definition) is 3. The second-order valence-corrected chi connectivity index (χ2v) is 8.35. The SMILES string of the molecule is Cc1[nH]c2ccc(-c3ccc(NC4C5CCN(CC5)C4C)nc3)cc2c1C. The Morgan fingerprint density at radius 2 is 1.85 bits per heavy atom. The fraction of sp³-hybridized carbons (Fsp3) is 0.435. The van der Waals surface area contributed by atoms with Crippen LogP contribution in [0.4, 0.5) is 5.82 Å². The zero-order valence-corrected chi connectivity index (χ0v) is 16.4. The first-order valence-electron chi connectivity index (χ1n) is 10.2. The van der Waals surface area contributed by atoms with E-state index in [0.717, 1.165) is 11.7 Å². The average molecular weight is 361 g/mol. The summed E-state index contributed by atoms with van der Waals surface area (Å²) in [4.78, 5) is 10.8. The maximum Gasteiger partial charge on any atom is 0.126 e. The Balaban J connectivity index is 1.38. The van der Waals surface area contributed by atoms with Crippen molar-refractivity contribution in [1.82, 2.24) is 14.9 Å². The van der Waals surface area contributed by atoms with Gasteiger partial charge < -0.3 is 10.3 Å². The van der Waals surface area contributed by atoms with Crippen molar-refractivity contribution in [1.29, 1.82) is 0 Å². The standard InChI is InChI=1S/C23H28N4/c1-14-15(2)25-21-6-4-18(12-20(14)21)19-5-7-22(24-13-19)26-23-16(3)27-10-8-17(23)9-11-27/h4-7,12-13,16-17,23,25H,8-11H2,1-3H3,(H,24,26). The van der Waals surface area contributed by atoms with Crippen LogP contribution < -0.4 is 5.32 Å². The first-order valence-corrected chi connectivity index (χ1v) is 10.2. The van der Waals surface area contributed by atoms with Crippen molar-refractivity contribution >= 4 is 16.7 Å². The Bertz CT molecular complexity index is 962. The molecule has 2 unspecified atom stereocenters. The summed E-state index contributed by atoms with van der Waals surface area (Å²) in [5.74, 6) is 1.78. The van der Waals surface area contributed by atoms with Crippen LogP contribution in [-0.4, -0.2) is 40.0 Å². The second-order valence-electron chi connectivity index (χ2n) is 8.35. The largest absolute Gasteiger partial charge is 0.365 e. The Morgan fingerprint density at radius 3 is 2.56 bits per heavy atom. The van der Waals surface area contributed by atoms with Crippen LogP contribution in [0.1, 0.15) is 31.0 Å². The molecule has 0 amide bonds. The van der Waals surface area contributed by atoms with Crippen molar-refractivity contribution in [3.05, 3.63) is 47.8 Å². The minimum absolute atomic E-state index is 0.521. The third kappa shape index (κ3) is 2.83. The number of benzene rings is 1. The van der Waals surface area contributed by atoms with Gasteiger partial charge in [0.25, 0.3) is 0 Å². The van der Waals surface area contributed by atoms with Gasteiger partial charge in [0.2, 0.25) is 0 Å². The van der Waals surface area contributed by atoms with Crippen LogP contribution in [0.2, 0.25) is 0 Å². The molecule has 6 rings (SSSR count). The molecule has 27 heavy (non-hydrogen) atoms. The zero-order valence-electron chi connectivity index (χ0n) is 16.4. The minimum Gasteiger partial charge on any atom is -0.365 e. The molecule has 0 saturated carbocycles. The van der Waals surface area contributed by atoms with Crippen molar-refractivity contribution in [2.75, 3.05) is 18.4 Å². The van der Waals surface area contributed by atoms with Crippen molar-refractivity contribution < 1.29 is 0 Å². The molecule has 2 aromatic heterocycles.